The number of fused-ring (bicyclic) bond motifs is 1. The number of piperidine rings is 1. The summed E-state index contributed by atoms with van der Waals surface area (Å²) < 4.78 is 33.8. The summed E-state index contributed by atoms with van der Waals surface area (Å²) in [5, 5.41) is 8.10. The zero-order valence-electron chi connectivity index (χ0n) is 21.2. The molecule has 11 heteroatoms. The number of halogens is 2. The van der Waals surface area contributed by atoms with Crippen LogP contribution in [0.4, 0.5) is 25.1 Å². The lowest BCUT2D eigenvalue weighted by molar-refractivity contribution is 0.193. The Balaban J connectivity index is 1.24. The number of nitrogens with zero attached hydrogens (tertiary/aromatic N) is 4. The van der Waals surface area contributed by atoms with Crippen LogP contribution in [0.3, 0.4) is 0 Å². The van der Waals surface area contributed by atoms with Gasteiger partial charge >= 0.3 is 6.03 Å². The SMILES string of the molecule is O=C(Nc1c(-c2ccccc2F)ccnc1N1CCC(P)(P)C1)N1CCC(c2noc3cc(F)ccc23)CC1. The first-order valence-electron chi connectivity index (χ1n) is 13.0. The van der Waals surface area contributed by atoms with E-state index in [9.17, 15) is 13.6 Å². The maximum Gasteiger partial charge on any atom is 0.321 e. The van der Waals surface area contributed by atoms with Crippen LogP contribution >= 0.6 is 18.5 Å². The summed E-state index contributed by atoms with van der Waals surface area (Å²) in [7, 11) is 5.74. The zero-order valence-corrected chi connectivity index (χ0v) is 23.5. The maximum absolute atomic E-state index is 14.9. The third kappa shape index (κ3) is 5.22. The minimum absolute atomic E-state index is 0.0457. The number of rotatable bonds is 4. The number of nitrogens with one attached hydrogen (secondary N) is 1. The van der Waals surface area contributed by atoms with E-state index in [1.807, 2.05) is 0 Å². The van der Waals surface area contributed by atoms with Crippen molar-refractivity contribution < 1.29 is 18.1 Å². The molecule has 2 aliphatic rings. The fourth-order valence-corrected chi connectivity index (χ4v) is 6.22. The lowest BCUT2D eigenvalue weighted by Gasteiger charge is -2.32. The Morgan fingerprint density at radius 1 is 1.05 bits per heavy atom. The number of hydrogen-bond acceptors (Lipinski definition) is 5. The zero-order chi connectivity index (χ0) is 27.1. The predicted octanol–water partition coefficient (Wildman–Crippen LogP) is 6.24. The Kier molecular flexibility index (Phi) is 6.98. The van der Waals surface area contributed by atoms with Crippen LogP contribution in [0.2, 0.25) is 0 Å². The molecule has 6 rings (SSSR count). The molecule has 4 heterocycles. The number of amides is 2. The highest BCUT2D eigenvalue weighted by Gasteiger charge is 2.34. The Morgan fingerprint density at radius 2 is 1.85 bits per heavy atom. The van der Waals surface area contributed by atoms with Gasteiger partial charge in [-0.2, -0.15) is 0 Å². The quantitative estimate of drug-likeness (QED) is 0.296. The maximum atomic E-state index is 14.9. The fourth-order valence-electron chi connectivity index (χ4n) is 5.52. The van der Waals surface area contributed by atoms with E-state index in [0.717, 1.165) is 30.6 Å². The number of likely N-dealkylation sites (tertiary alicyclic amines) is 1. The van der Waals surface area contributed by atoms with Crippen molar-refractivity contribution in [3.8, 4) is 11.1 Å². The molecule has 2 aliphatic heterocycles. The van der Waals surface area contributed by atoms with Crippen LogP contribution in [0.15, 0.2) is 59.3 Å². The second-order valence-corrected chi connectivity index (χ2v) is 13.3. The predicted molar refractivity (Wildman–Crippen MR) is 155 cm³/mol. The third-order valence-electron chi connectivity index (χ3n) is 7.59. The molecule has 2 unspecified atom stereocenters. The molecule has 39 heavy (non-hydrogen) atoms. The van der Waals surface area contributed by atoms with E-state index in [-0.39, 0.29) is 28.5 Å². The molecule has 1 N–H and O–H groups in total. The number of benzene rings is 2. The minimum atomic E-state index is -0.365. The molecule has 0 aliphatic carbocycles. The van der Waals surface area contributed by atoms with Crippen LogP contribution in [-0.4, -0.2) is 52.1 Å². The van der Waals surface area contributed by atoms with Gasteiger partial charge in [0.1, 0.15) is 11.6 Å². The Labute approximate surface area is 229 Å². The van der Waals surface area contributed by atoms with Crippen LogP contribution in [0.25, 0.3) is 22.1 Å². The molecule has 2 aromatic carbocycles. The lowest BCUT2D eigenvalue weighted by atomic mass is 9.92. The van der Waals surface area contributed by atoms with Crippen molar-refractivity contribution in [2.45, 2.75) is 30.1 Å². The molecule has 2 atom stereocenters. The molecule has 4 aromatic rings. The van der Waals surface area contributed by atoms with Crippen molar-refractivity contribution in [3.05, 3.63) is 72.1 Å². The highest BCUT2D eigenvalue weighted by Crippen LogP contribution is 2.43. The summed E-state index contributed by atoms with van der Waals surface area (Å²) in [6.07, 6.45) is 3.98. The topological polar surface area (TPSA) is 74.5 Å². The van der Waals surface area contributed by atoms with Gasteiger partial charge in [0.05, 0.1) is 11.4 Å². The molecule has 2 saturated heterocycles. The van der Waals surface area contributed by atoms with E-state index in [2.05, 4.69) is 38.8 Å². The van der Waals surface area contributed by atoms with E-state index in [4.69, 9.17) is 4.52 Å². The average molecular weight is 568 g/mol. The second kappa shape index (κ2) is 10.4. The molecule has 2 amide bonds. The van der Waals surface area contributed by atoms with Gasteiger partial charge in [-0.1, -0.05) is 23.4 Å². The summed E-state index contributed by atoms with van der Waals surface area (Å²) >= 11 is 0. The molecule has 0 radical (unpaired) electrons. The molecule has 202 valence electrons. The summed E-state index contributed by atoms with van der Waals surface area (Å²) in [5.41, 5.74) is 2.73. The number of carbonyl (C=O) groups is 1. The van der Waals surface area contributed by atoms with Gasteiger partial charge in [-0.3, -0.25) is 0 Å². The number of aromatic nitrogens is 2. The molecular weight excluding hydrogens is 538 g/mol. The van der Waals surface area contributed by atoms with Gasteiger partial charge in [0.15, 0.2) is 11.4 Å². The first-order chi connectivity index (χ1) is 18.8. The summed E-state index contributed by atoms with van der Waals surface area (Å²) in [6, 6.07) is 12.5. The van der Waals surface area contributed by atoms with Gasteiger partial charge in [-0.15, -0.1) is 18.5 Å². The van der Waals surface area contributed by atoms with Crippen LogP contribution in [0.5, 0.6) is 0 Å². The molecular formula is C28H29F2N5O2P2. The molecule has 0 bridgehead atoms. The van der Waals surface area contributed by atoms with Crippen molar-refractivity contribution in [2.24, 2.45) is 0 Å². The Bertz CT molecular complexity index is 1540. The van der Waals surface area contributed by atoms with Crippen LogP contribution < -0.4 is 10.2 Å². The van der Waals surface area contributed by atoms with Crippen molar-refractivity contribution in [1.29, 1.82) is 0 Å². The van der Waals surface area contributed by atoms with E-state index in [1.54, 1.807) is 41.4 Å². The van der Waals surface area contributed by atoms with Gasteiger partial charge < -0.3 is 19.6 Å². The molecule has 0 saturated carbocycles. The van der Waals surface area contributed by atoms with Crippen molar-refractivity contribution in [2.75, 3.05) is 36.4 Å². The summed E-state index contributed by atoms with van der Waals surface area (Å²) in [5.74, 6) is 0.00680. The monoisotopic (exact) mass is 567 g/mol. The number of hydrogen-bond donors (Lipinski definition) is 1. The first-order valence-corrected chi connectivity index (χ1v) is 14.1. The number of anilines is 2. The van der Waals surface area contributed by atoms with Crippen LogP contribution in [0.1, 0.15) is 30.9 Å². The highest BCUT2D eigenvalue weighted by molar-refractivity contribution is 7.40. The van der Waals surface area contributed by atoms with Crippen molar-refractivity contribution in [1.82, 2.24) is 15.0 Å². The normalized spacial score (nSPS) is 17.6. The lowest BCUT2D eigenvalue weighted by Crippen LogP contribution is -2.41. The first kappa shape index (κ1) is 26.1. The smallest absolute Gasteiger partial charge is 0.321 e. The number of urea groups is 1. The van der Waals surface area contributed by atoms with E-state index >= 15 is 0 Å². The standard InChI is InChI=1S/C28H29F2N5O2P2/c29-18-5-6-21-23(15-18)37-33-24(21)17-8-12-34(13-9-17)27(36)32-25-20(19-3-1-2-4-22(19)30)7-11-31-26(25)35-14-10-28(38,39)16-35/h1-7,11,15,17H,8-10,12-14,16,38-39H2,(H,32,36). The van der Waals surface area contributed by atoms with Gasteiger partial charge in [-0.05, 0) is 43.5 Å². The molecule has 2 fully saturated rings. The third-order valence-corrected chi connectivity index (χ3v) is 8.53. The van der Waals surface area contributed by atoms with Crippen LogP contribution in [-0.2, 0) is 0 Å². The largest absolute Gasteiger partial charge is 0.356 e. The minimum Gasteiger partial charge on any atom is -0.356 e. The van der Waals surface area contributed by atoms with Crippen LogP contribution in [0, 0.1) is 11.6 Å². The van der Waals surface area contributed by atoms with E-state index in [1.165, 1.54) is 18.2 Å². The average Bonchev–Trinajstić information content (AvgIpc) is 3.51. The number of pyridine rings is 1. The Morgan fingerprint density at radius 3 is 2.59 bits per heavy atom. The fraction of sp³-hybridized carbons (Fsp3) is 0.321. The van der Waals surface area contributed by atoms with E-state index in [0.29, 0.717) is 54.1 Å². The van der Waals surface area contributed by atoms with E-state index < -0.39 is 0 Å². The summed E-state index contributed by atoms with van der Waals surface area (Å²) in [6.45, 7) is 2.52. The van der Waals surface area contributed by atoms with Gasteiger partial charge in [0.2, 0.25) is 0 Å². The molecule has 2 aromatic heterocycles. The second-order valence-electron chi connectivity index (χ2n) is 10.3. The van der Waals surface area contributed by atoms with Gasteiger partial charge in [0.25, 0.3) is 0 Å². The van der Waals surface area contributed by atoms with Gasteiger partial charge in [0, 0.05) is 65.8 Å². The highest BCUT2D eigenvalue weighted by atomic mass is 31.1. The van der Waals surface area contributed by atoms with Gasteiger partial charge in [-0.25, -0.2) is 18.6 Å². The molecule has 0 spiro atoms. The Hall–Kier alpha value is -3.15. The number of carbonyl (C=O) groups excluding carboxylic acids is 1. The van der Waals surface area contributed by atoms with Crippen molar-refractivity contribution in [3.63, 3.8) is 0 Å². The van der Waals surface area contributed by atoms with Crippen molar-refractivity contribution >= 4 is 47.0 Å². The summed E-state index contributed by atoms with van der Waals surface area (Å²) in [4.78, 5) is 22.0. The molecule has 7 nitrogen and oxygen atoms in total.